The minimum Gasteiger partial charge on any atom is -0.284 e. The van der Waals surface area contributed by atoms with Crippen LogP contribution in [0.4, 0.5) is 5.69 Å². The van der Waals surface area contributed by atoms with Gasteiger partial charge in [-0.1, -0.05) is 13.8 Å². The molecule has 0 fully saturated rings. The molecule has 0 aliphatic rings. The number of hydrogen-bond donors (Lipinski definition) is 2. The molecule has 0 bridgehead atoms. The Morgan fingerprint density at radius 1 is 1.57 bits per heavy atom. The van der Waals surface area contributed by atoms with Crippen molar-refractivity contribution in [3.05, 3.63) is 12.4 Å². The maximum Gasteiger partial charge on any atom is 0.232 e. The quantitative estimate of drug-likeness (QED) is 0.778. The van der Waals surface area contributed by atoms with Crippen LogP contribution in [0.3, 0.4) is 0 Å². The second-order valence-electron chi connectivity index (χ2n) is 3.59. The van der Waals surface area contributed by atoms with Gasteiger partial charge in [0.05, 0.1) is 17.6 Å². The van der Waals surface area contributed by atoms with Crippen molar-refractivity contribution in [3.8, 4) is 0 Å². The molecule has 14 heavy (non-hydrogen) atoms. The molecule has 1 aromatic rings. The normalized spacial score (nSPS) is 11.9. The first-order valence-corrected chi connectivity index (χ1v) is 6.14. The van der Waals surface area contributed by atoms with E-state index in [2.05, 4.69) is 14.9 Å². The van der Waals surface area contributed by atoms with Crippen LogP contribution in [-0.4, -0.2) is 24.4 Å². The van der Waals surface area contributed by atoms with Gasteiger partial charge in [0.2, 0.25) is 10.0 Å². The average molecular weight is 217 g/mol. The molecule has 6 heteroatoms. The summed E-state index contributed by atoms with van der Waals surface area (Å²) in [6.45, 7) is 3.99. The second kappa shape index (κ2) is 4.45. The van der Waals surface area contributed by atoms with Crippen LogP contribution >= 0.6 is 0 Å². The second-order valence-corrected chi connectivity index (χ2v) is 5.43. The van der Waals surface area contributed by atoms with E-state index in [0.29, 0.717) is 18.0 Å². The maximum absolute atomic E-state index is 11.4. The van der Waals surface area contributed by atoms with Crippen LogP contribution in [0, 0.1) is 5.92 Å². The van der Waals surface area contributed by atoms with E-state index in [0.717, 1.165) is 0 Å². The third-order valence-electron chi connectivity index (χ3n) is 1.74. The van der Waals surface area contributed by atoms with Crippen molar-refractivity contribution in [1.29, 1.82) is 0 Å². The fraction of sp³-hybridized carbons (Fsp3) is 0.625. The molecule has 0 atom stereocenters. The number of aromatic amines is 1. The zero-order chi connectivity index (χ0) is 10.6. The maximum atomic E-state index is 11.4. The molecule has 2 N–H and O–H groups in total. The molecule has 5 nitrogen and oxygen atoms in total. The Hall–Kier alpha value is -1.04. The Bertz CT molecular complexity index is 356. The molecule has 1 heterocycles. The Morgan fingerprint density at radius 3 is 2.79 bits per heavy atom. The van der Waals surface area contributed by atoms with Gasteiger partial charge in [0.15, 0.2) is 0 Å². The number of rotatable bonds is 5. The van der Waals surface area contributed by atoms with E-state index >= 15 is 0 Å². The zero-order valence-electron chi connectivity index (χ0n) is 8.32. The highest BCUT2D eigenvalue weighted by Crippen LogP contribution is 2.08. The molecule has 0 saturated heterocycles. The molecular weight excluding hydrogens is 202 g/mol. The van der Waals surface area contributed by atoms with Crippen LogP contribution in [0.15, 0.2) is 12.4 Å². The predicted molar refractivity (Wildman–Crippen MR) is 55.5 cm³/mol. The number of anilines is 1. The van der Waals surface area contributed by atoms with Crippen LogP contribution in [-0.2, 0) is 10.0 Å². The minimum absolute atomic E-state index is 0.149. The molecule has 0 aliphatic heterocycles. The molecule has 0 aromatic carbocycles. The molecule has 0 aliphatic carbocycles. The first kappa shape index (κ1) is 11.0. The number of hydrogen-bond acceptors (Lipinski definition) is 3. The lowest BCUT2D eigenvalue weighted by Gasteiger charge is -2.06. The summed E-state index contributed by atoms with van der Waals surface area (Å²) in [5.74, 6) is 0.534. The molecule has 1 rings (SSSR count). The summed E-state index contributed by atoms with van der Waals surface area (Å²) in [5.41, 5.74) is 0.480. The van der Waals surface area contributed by atoms with E-state index in [1.54, 1.807) is 0 Å². The lowest BCUT2D eigenvalue weighted by Crippen LogP contribution is -2.17. The Kier molecular flexibility index (Phi) is 3.51. The van der Waals surface area contributed by atoms with Crippen molar-refractivity contribution in [1.82, 2.24) is 10.2 Å². The first-order chi connectivity index (χ1) is 6.49. The van der Waals surface area contributed by atoms with Gasteiger partial charge in [-0.2, -0.15) is 5.10 Å². The largest absolute Gasteiger partial charge is 0.284 e. The highest BCUT2D eigenvalue weighted by Gasteiger charge is 2.11. The van der Waals surface area contributed by atoms with E-state index in [1.165, 1.54) is 12.4 Å². The van der Waals surface area contributed by atoms with Gasteiger partial charge in [-0.05, 0) is 12.3 Å². The minimum atomic E-state index is -3.21. The lowest BCUT2D eigenvalue weighted by atomic mass is 10.2. The molecule has 0 saturated carbocycles. The van der Waals surface area contributed by atoms with Crippen molar-refractivity contribution >= 4 is 15.7 Å². The van der Waals surface area contributed by atoms with Gasteiger partial charge in [0.25, 0.3) is 0 Å². The van der Waals surface area contributed by atoms with E-state index in [-0.39, 0.29) is 5.75 Å². The van der Waals surface area contributed by atoms with Crippen LogP contribution in [0.25, 0.3) is 0 Å². The summed E-state index contributed by atoms with van der Waals surface area (Å²) in [7, 11) is -3.21. The summed E-state index contributed by atoms with van der Waals surface area (Å²) in [5, 5.41) is 6.19. The van der Waals surface area contributed by atoms with Gasteiger partial charge in [0.1, 0.15) is 0 Å². The van der Waals surface area contributed by atoms with E-state index < -0.39 is 10.0 Å². The topological polar surface area (TPSA) is 74.8 Å². The van der Waals surface area contributed by atoms with Crippen molar-refractivity contribution in [2.24, 2.45) is 5.92 Å². The van der Waals surface area contributed by atoms with Crippen LogP contribution in [0.1, 0.15) is 20.3 Å². The van der Waals surface area contributed by atoms with Gasteiger partial charge in [-0.3, -0.25) is 9.82 Å². The SMILES string of the molecule is CC(C)CCS(=O)(=O)Nc1cn[nH]c1. The van der Waals surface area contributed by atoms with Crippen LogP contribution in [0.5, 0.6) is 0 Å². The molecule has 0 spiro atoms. The molecule has 0 radical (unpaired) electrons. The monoisotopic (exact) mass is 217 g/mol. The first-order valence-electron chi connectivity index (χ1n) is 4.49. The highest BCUT2D eigenvalue weighted by atomic mass is 32.2. The Morgan fingerprint density at radius 2 is 2.29 bits per heavy atom. The summed E-state index contributed by atoms with van der Waals surface area (Å²) in [4.78, 5) is 0. The number of H-pyrrole nitrogens is 1. The molecule has 1 aromatic heterocycles. The van der Waals surface area contributed by atoms with Crippen molar-refractivity contribution < 1.29 is 8.42 Å². The highest BCUT2D eigenvalue weighted by molar-refractivity contribution is 7.92. The standard InChI is InChI=1S/C8H15N3O2S/c1-7(2)3-4-14(12,13)11-8-5-9-10-6-8/h5-7,11H,3-4H2,1-2H3,(H,9,10). The molecule has 0 amide bonds. The zero-order valence-corrected chi connectivity index (χ0v) is 9.13. The summed E-state index contributed by atoms with van der Waals surface area (Å²) < 4.78 is 25.3. The average Bonchev–Trinajstić information content (AvgIpc) is 2.53. The molecule has 0 unspecified atom stereocenters. The summed E-state index contributed by atoms with van der Waals surface area (Å²) >= 11 is 0. The Labute approximate surface area is 84.0 Å². The number of sulfonamides is 1. The van der Waals surface area contributed by atoms with E-state index in [9.17, 15) is 8.42 Å². The lowest BCUT2D eigenvalue weighted by molar-refractivity contribution is 0.578. The van der Waals surface area contributed by atoms with Crippen molar-refractivity contribution in [2.75, 3.05) is 10.5 Å². The number of nitrogens with one attached hydrogen (secondary N) is 2. The third-order valence-corrected chi connectivity index (χ3v) is 3.06. The van der Waals surface area contributed by atoms with Crippen molar-refractivity contribution in [3.63, 3.8) is 0 Å². The summed E-state index contributed by atoms with van der Waals surface area (Å²) in [6.07, 6.45) is 3.60. The fourth-order valence-corrected chi connectivity index (χ4v) is 2.28. The third kappa shape index (κ3) is 3.78. The van der Waals surface area contributed by atoms with Crippen LogP contribution < -0.4 is 4.72 Å². The summed E-state index contributed by atoms with van der Waals surface area (Å²) in [6, 6.07) is 0. The number of nitrogens with zero attached hydrogens (tertiary/aromatic N) is 1. The van der Waals surface area contributed by atoms with Crippen molar-refractivity contribution in [2.45, 2.75) is 20.3 Å². The predicted octanol–water partition coefficient (Wildman–Crippen LogP) is 1.20. The number of aromatic nitrogens is 2. The Balaban J connectivity index is 2.51. The van der Waals surface area contributed by atoms with Gasteiger partial charge in [-0.25, -0.2) is 8.42 Å². The van der Waals surface area contributed by atoms with Gasteiger partial charge >= 0.3 is 0 Å². The van der Waals surface area contributed by atoms with Gasteiger partial charge < -0.3 is 0 Å². The van der Waals surface area contributed by atoms with E-state index in [4.69, 9.17) is 0 Å². The van der Waals surface area contributed by atoms with E-state index in [1.807, 2.05) is 13.8 Å². The molecular formula is C8H15N3O2S. The van der Waals surface area contributed by atoms with Gasteiger partial charge in [-0.15, -0.1) is 0 Å². The smallest absolute Gasteiger partial charge is 0.232 e. The fourth-order valence-electron chi connectivity index (χ4n) is 0.928. The van der Waals surface area contributed by atoms with Crippen LogP contribution in [0.2, 0.25) is 0 Å². The van der Waals surface area contributed by atoms with Gasteiger partial charge in [0, 0.05) is 6.20 Å². The molecule has 80 valence electrons.